The smallest absolute Gasteiger partial charge is 0.267 e. The number of hydrogen-bond donors (Lipinski definition) is 1. The molecule has 130 valence electrons. The normalized spacial score (nSPS) is 11.5. The monoisotopic (exact) mass is 403 g/mol. The number of nitrogens with one attached hydrogen (secondary N) is 1. The molecule has 0 fully saturated rings. The molecule has 0 aliphatic carbocycles. The van der Waals surface area contributed by atoms with Crippen molar-refractivity contribution in [2.75, 3.05) is 0 Å². The molecule has 0 aliphatic heterocycles. The van der Waals surface area contributed by atoms with E-state index >= 15 is 0 Å². The fourth-order valence-electron chi connectivity index (χ4n) is 2.08. The average molecular weight is 404 g/mol. The molecule has 0 saturated carbocycles. The van der Waals surface area contributed by atoms with E-state index in [0.29, 0.717) is 15.6 Å². The van der Waals surface area contributed by atoms with Gasteiger partial charge in [0.15, 0.2) is 0 Å². The number of amides is 1. The fraction of sp³-hybridized carbons (Fsp3) is 0.222. The topological polar surface area (TPSA) is 84.6 Å². The highest BCUT2D eigenvalue weighted by Gasteiger charge is 2.14. The number of hydrazone groups is 1. The lowest BCUT2D eigenvalue weighted by atomic mass is 9.87. The van der Waals surface area contributed by atoms with Gasteiger partial charge >= 0.3 is 0 Å². The van der Waals surface area contributed by atoms with Gasteiger partial charge in [0.25, 0.3) is 11.6 Å². The van der Waals surface area contributed by atoms with Crippen molar-refractivity contribution >= 4 is 33.7 Å². The summed E-state index contributed by atoms with van der Waals surface area (Å²) in [5.74, 6) is -0.324. The van der Waals surface area contributed by atoms with Gasteiger partial charge in [-0.15, -0.1) is 0 Å². The fourth-order valence-corrected chi connectivity index (χ4v) is 2.55. The number of non-ortho nitro benzene ring substituents is 1. The maximum absolute atomic E-state index is 12.1. The molecule has 0 bridgehead atoms. The molecule has 2 rings (SSSR count). The molecular formula is C18H18BrN3O3. The Morgan fingerprint density at radius 3 is 2.36 bits per heavy atom. The first-order valence-electron chi connectivity index (χ1n) is 7.56. The Hall–Kier alpha value is -2.54. The summed E-state index contributed by atoms with van der Waals surface area (Å²) < 4.78 is 0.522. The Morgan fingerprint density at radius 1 is 1.20 bits per heavy atom. The van der Waals surface area contributed by atoms with Crippen LogP contribution in [0, 0.1) is 10.1 Å². The average Bonchev–Trinajstić information content (AvgIpc) is 2.55. The molecule has 1 N–H and O–H groups in total. The van der Waals surface area contributed by atoms with Crippen LogP contribution >= 0.6 is 15.9 Å². The molecule has 2 aromatic carbocycles. The van der Waals surface area contributed by atoms with Crippen LogP contribution in [-0.4, -0.2) is 17.0 Å². The third kappa shape index (κ3) is 4.96. The molecule has 0 radical (unpaired) electrons. The minimum atomic E-state index is -0.477. The van der Waals surface area contributed by atoms with Gasteiger partial charge in [-0.3, -0.25) is 14.9 Å². The minimum absolute atomic E-state index is 0.0213. The van der Waals surface area contributed by atoms with Crippen LogP contribution in [0.3, 0.4) is 0 Å². The SMILES string of the molecule is CC(C)(C)c1ccc(C(=O)N/N=C\c2ccc([N+](=O)[O-])cc2Br)cc1. The molecular weight excluding hydrogens is 386 g/mol. The van der Waals surface area contributed by atoms with Gasteiger partial charge in [0, 0.05) is 27.7 Å². The number of carbonyl (C=O) groups is 1. The van der Waals surface area contributed by atoms with Crippen molar-refractivity contribution in [3.8, 4) is 0 Å². The predicted octanol–water partition coefficient (Wildman–Crippen LogP) is 4.42. The zero-order valence-electron chi connectivity index (χ0n) is 14.1. The highest BCUT2D eigenvalue weighted by atomic mass is 79.9. The molecule has 0 aliphatic rings. The predicted molar refractivity (Wildman–Crippen MR) is 101 cm³/mol. The van der Waals surface area contributed by atoms with Crippen LogP contribution in [0.2, 0.25) is 0 Å². The summed E-state index contributed by atoms with van der Waals surface area (Å²) in [7, 11) is 0. The molecule has 2 aromatic rings. The number of hydrogen-bond acceptors (Lipinski definition) is 4. The van der Waals surface area contributed by atoms with E-state index in [4.69, 9.17) is 0 Å². The summed E-state index contributed by atoms with van der Waals surface area (Å²) in [5.41, 5.74) is 4.72. The van der Waals surface area contributed by atoms with Crippen LogP contribution in [0.1, 0.15) is 42.3 Å². The second kappa shape index (κ2) is 7.57. The molecule has 1 amide bonds. The lowest BCUT2D eigenvalue weighted by Gasteiger charge is -2.18. The van der Waals surface area contributed by atoms with Gasteiger partial charge in [-0.1, -0.05) is 32.9 Å². The first-order chi connectivity index (χ1) is 11.7. The van der Waals surface area contributed by atoms with Gasteiger partial charge in [-0.05, 0) is 45.1 Å². The lowest BCUT2D eigenvalue weighted by Crippen LogP contribution is -2.18. The molecule has 7 heteroatoms. The van der Waals surface area contributed by atoms with E-state index in [1.54, 1.807) is 18.2 Å². The largest absolute Gasteiger partial charge is 0.271 e. The van der Waals surface area contributed by atoms with Crippen LogP contribution in [0.15, 0.2) is 52.0 Å². The quantitative estimate of drug-likeness (QED) is 0.465. The van der Waals surface area contributed by atoms with Crippen molar-refractivity contribution in [1.29, 1.82) is 0 Å². The molecule has 0 aromatic heterocycles. The maximum atomic E-state index is 12.1. The number of nitro groups is 1. The van der Waals surface area contributed by atoms with Crippen molar-refractivity contribution in [3.63, 3.8) is 0 Å². The van der Waals surface area contributed by atoms with E-state index in [-0.39, 0.29) is 17.0 Å². The van der Waals surface area contributed by atoms with Crippen LogP contribution in [-0.2, 0) is 5.41 Å². The van der Waals surface area contributed by atoms with E-state index in [0.717, 1.165) is 5.56 Å². The molecule has 0 unspecified atom stereocenters. The number of nitro benzene ring substituents is 1. The first-order valence-corrected chi connectivity index (χ1v) is 8.35. The number of nitrogens with zero attached hydrogens (tertiary/aromatic N) is 2. The summed E-state index contributed by atoms with van der Waals surface area (Å²) in [6, 6.07) is 11.7. The second-order valence-corrected chi connectivity index (χ2v) is 7.34. The molecule has 0 saturated heterocycles. The van der Waals surface area contributed by atoms with Crippen molar-refractivity contribution in [2.45, 2.75) is 26.2 Å². The highest BCUT2D eigenvalue weighted by molar-refractivity contribution is 9.10. The number of rotatable bonds is 4. The van der Waals surface area contributed by atoms with Crippen LogP contribution in [0.4, 0.5) is 5.69 Å². The maximum Gasteiger partial charge on any atom is 0.271 e. The molecule has 0 atom stereocenters. The van der Waals surface area contributed by atoms with Gasteiger partial charge in [0.2, 0.25) is 0 Å². The second-order valence-electron chi connectivity index (χ2n) is 6.49. The summed E-state index contributed by atoms with van der Waals surface area (Å²) in [6.45, 7) is 6.32. The zero-order valence-corrected chi connectivity index (χ0v) is 15.7. The van der Waals surface area contributed by atoms with Crippen molar-refractivity contribution in [2.24, 2.45) is 5.10 Å². The third-order valence-electron chi connectivity index (χ3n) is 3.58. The number of benzene rings is 2. The van der Waals surface area contributed by atoms with E-state index in [2.05, 4.69) is 47.2 Å². The van der Waals surface area contributed by atoms with Gasteiger partial charge < -0.3 is 0 Å². The molecule has 0 spiro atoms. The molecule has 25 heavy (non-hydrogen) atoms. The summed E-state index contributed by atoms with van der Waals surface area (Å²) in [5, 5.41) is 14.6. The van der Waals surface area contributed by atoms with E-state index in [1.165, 1.54) is 18.3 Å². The minimum Gasteiger partial charge on any atom is -0.267 e. The lowest BCUT2D eigenvalue weighted by molar-refractivity contribution is -0.384. The van der Waals surface area contributed by atoms with E-state index < -0.39 is 4.92 Å². The number of carbonyl (C=O) groups excluding carboxylic acids is 1. The zero-order chi connectivity index (χ0) is 18.6. The van der Waals surface area contributed by atoms with Crippen molar-refractivity contribution in [1.82, 2.24) is 5.43 Å². The van der Waals surface area contributed by atoms with Gasteiger partial charge in [0.05, 0.1) is 11.1 Å². The van der Waals surface area contributed by atoms with Crippen LogP contribution in [0.25, 0.3) is 0 Å². The number of halogens is 1. The Morgan fingerprint density at radius 2 is 1.84 bits per heavy atom. The van der Waals surface area contributed by atoms with Crippen molar-refractivity contribution in [3.05, 3.63) is 73.7 Å². The Kier molecular flexibility index (Phi) is 5.69. The van der Waals surface area contributed by atoms with Crippen molar-refractivity contribution < 1.29 is 9.72 Å². The third-order valence-corrected chi connectivity index (χ3v) is 4.26. The van der Waals surface area contributed by atoms with E-state index in [1.807, 2.05) is 12.1 Å². The Balaban J connectivity index is 2.04. The molecule has 0 heterocycles. The van der Waals surface area contributed by atoms with Gasteiger partial charge in [-0.2, -0.15) is 5.10 Å². The summed E-state index contributed by atoms with van der Waals surface area (Å²) in [4.78, 5) is 22.3. The summed E-state index contributed by atoms with van der Waals surface area (Å²) in [6.07, 6.45) is 1.43. The van der Waals surface area contributed by atoms with Crippen LogP contribution < -0.4 is 5.43 Å². The van der Waals surface area contributed by atoms with Gasteiger partial charge in [-0.25, -0.2) is 5.43 Å². The van der Waals surface area contributed by atoms with Gasteiger partial charge in [0.1, 0.15) is 0 Å². The molecule has 6 nitrogen and oxygen atoms in total. The van der Waals surface area contributed by atoms with E-state index in [9.17, 15) is 14.9 Å². The standard InChI is InChI=1S/C18H18BrN3O3/c1-18(2,3)14-7-4-12(5-8-14)17(23)21-20-11-13-6-9-15(22(24)25)10-16(13)19/h4-11H,1-3H3,(H,21,23)/b20-11-. The first kappa shape index (κ1) is 18.8. The Labute approximate surface area is 154 Å². The van der Waals surface area contributed by atoms with Crippen LogP contribution in [0.5, 0.6) is 0 Å². The Bertz CT molecular complexity index is 824. The summed E-state index contributed by atoms with van der Waals surface area (Å²) >= 11 is 3.25. The highest BCUT2D eigenvalue weighted by Crippen LogP contribution is 2.23.